The fourth-order valence-corrected chi connectivity index (χ4v) is 3.09. The number of carbonyl (C=O) groups is 2. The normalized spacial score (nSPS) is 11.6. The van der Waals surface area contributed by atoms with Crippen LogP contribution in [0.1, 0.15) is 12.6 Å². The van der Waals surface area contributed by atoms with Crippen LogP contribution in [-0.2, 0) is 20.7 Å². The molecule has 1 heterocycles. The Morgan fingerprint density at radius 1 is 1.33 bits per heavy atom. The van der Waals surface area contributed by atoms with Crippen LogP contribution in [0, 0.1) is 0 Å². The maximum absolute atomic E-state index is 12.5. The molecule has 10 heteroatoms. The van der Waals surface area contributed by atoms with E-state index in [4.69, 9.17) is 16.3 Å². The second kappa shape index (κ2) is 9.43. The lowest BCUT2D eigenvalue weighted by atomic mass is 10.3. The van der Waals surface area contributed by atoms with Gasteiger partial charge in [0.1, 0.15) is 5.75 Å². The van der Waals surface area contributed by atoms with Crippen molar-refractivity contribution in [2.75, 3.05) is 19.5 Å². The van der Waals surface area contributed by atoms with Crippen molar-refractivity contribution in [3.05, 3.63) is 45.3 Å². The Morgan fingerprint density at radius 3 is 2.74 bits per heavy atom. The van der Waals surface area contributed by atoms with Crippen molar-refractivity contribution in [2.24, 2.45) is 0 Å². The summed E-state index contributed by atoms with van der Waals surface area (Å²) in [5, 5.41) is 2.81. The summed E-state index contributed by atoms with van der Waals surface area (Å²) in [5.74, 6) is -0.374. The van der Waals surface area contributed by atoms with Crippen molar-refractivity contribution in [1.29, 1.82) is 0 Å². The lowest BCUT2D eigenvalue weighted by molar-refractivity contribution is -0.139. The summed E-state index contributed by atoms with van der Waals surface area (Å²) in [6.07, 6.45) is -0.131. The number of nitrogens with zero attached hydrogens (tertiary/aromatic N) is 1. The van der Waals surface area contributed by atoms with Crippen LogP contribution < -0.4 is 15.6 Å². The predicted octanol–water partition coefficient (Wildman–Crippen LogP) is 2.27. The van der Waals surface area contributed by atoms with E-state index in [-0.39, 0.29) is 23.2 Å². The van der Waals surface area contributed by atoms with Gasteiger partial charge in [-0.05, 0) is 25.1 Å². The summed E-state index contributed by atoms with van der Waals surface area (Å²) in [7, 11) is 2.74. The molecule has 8 nitrogen and oxygen atoms in total. The third-order valence-electron chi connectivity index (χ3n) is 3.40. The highest BCUT2D eigenvalue weighted by Crippen LogP contribution is 2.29. The number of rotatable bonds is 7. The molecule has 0 radical (unpaired) electrons. The van der Waals surface area contributed by atoms with Gasteiger partial charge in [-0.3, -0.25) is 14.4 Å². The van der Waals surface area contributed by atoms with E-state index in [1.807, 2.05) is 0 Å². The Morgan fingerprint density at radius 2 is 2.07 bits per heavy atom. The van der Waals surface area contributed by atoms with Crippen LogP contribution in [0.5, 0.6) is 5.75 Å². The van der Waals surface area contributed by atoms with E-state index in [1.165, 1.54) is 20.3 Å². The number of hydrogen-bond donors (Lipinski definition) is 2. The number of anilines is 1. The first-order valence-electron chi connectivity index (χ1n) is 7.80. The lowest BCUT2D eigenvalue weighted by Gasteiger charge is -2.14. The highest BCUT2D eigenvalue weighted by molar-refractivity contribution is 8.00. The maximum Gasteiger partial charge on any atom is 0.311 e. The van der Waals surface area contributed by atoms with Crippen molar-refractivity contribution in [2.45, 2.75) is 23.8 Å². The molecule has 1 amide bonds. The monoisotopic (exact) mass is 411 g/mol. The highest BCUT2D eigenvalue weighted by Gasteiger charge is 2.18. The summed E-state index contributed by atoms with van der Waals surface area (Å²) < 4.78 is 9.76. The predicted molar refractivity (Wildman–Crippen MR) is 103 cm³/mol. The Bertz CT molecular complexity index is 902. The molecule has 2 N–H and O–H groups in total. The standard InChI is InChI=1S/C17H18ClN3O5S/c1-9(16(24)20-12-6-10(18)4-5-13(12)25-2)27-17-19-11(7-14(22)21-17)8-15(23)26-3/h4-7,9H,8H2,1-3H3,(H,20,24)(H,19,21,22)/t9-/m0/s1. The minimum atomic E-state index is -0.592. The largest absolute Gasteiger partial charge is 0.495 e. The SMILES string of the molecule is COC(=O)Cc1cc(=O)[nH]c(S[C@@H](C)C(=O)Nc2cc(Cl)ccc2OC)n1. The number of thioether (sulfide) groups is 1. The Hall–Kier alpha value is -2.52. The summed E-state index contributed by atoms with van der Waals surface area (Å²) in [5.41, 5.74) is 0.274. The number of hydrogen-bond acceptors (Lipinski definition) is 7. The molecule has 27 heavy (non-hydrogen) atoms. The molecule has 0 saturated carbocycles. The van der Waals surface area contributed by atoms with Gasteiger partial charge in [0.25, 0.3) is 5.56 Å². The first kappa shape index (κ1) is 20.8. The van der Waals surface area contributed by atoms with Gasteiger partial charge in [0.05, 0.1) is 37.3 Å². The van der Waals surface area contributed by atoms with Crippen LogP contribution in [0.15, 0.2) is 34.2 Å². The quantitative estimate of drug-likeness (QED) is 0.408. The van der Waals surface area contributed by atoms with Gasteiger partial charge in [0, 0.05) is 11.1 Å². The number of H-pyrrole nitrogens is 1. The zero-order valence-electron chi connectivity index (χ0n) is 14.9. The summed E-state index contributed by atoms with van der Waals surface area (Å²) in [6, 6.07) is 6.08. The number of amides is 1. The number of halogens is 1. The van der Waals surface area contributed by atoms with Gasteiger partial charge in [-0.1, -0.05) is 23.4 Å². The van der Waals surface area contributed by atoms with Gasteiger partial charge in [-0.15, -0.1) is 0 Å². The van der Waals surface area contributed by atoms with Crippen LogP contribution >= 0.6 is 23.4 Å². The summed E-state index contributed by atoms with van der Waals surface area (Å²) >= 11 is 7.00. The third-order valence-corrected chi connectivity index (χ3v) is 4.62. The smallest absolute Gasteiger partial charge is 0.311 e. The molecule has 2 rings (SSSR count). The molecular formula is C17H18ClN3O5S. The maximum atomic E-state index is 12.5. The van der Waals surface area contributed by atoms with Gasteiger partial charge in [-0.25, -0.2) is 4.98 Å². The minimum Gasteiger partial charge on any atom is -0.495 e. The molecular weight excluding hydrogens is 394 g/mol. The molecule has 1 aromatic carbocycles. The molecule has 0 bridgehead atoms. The molecule has 0 fully saturated rings. The van der Waals surface area contributed by atoms with Gasteiger partial charge in [-0.2, -0.15) is 0 Å². The molecule has 1 aromatic heterocycles. The molecule has 0 spiro atoms. The van der Waals surface area contributed by atoms with Crippen molar-refractivity contribution < 1.29 is 19.1 Å². The molecule has 0 aliphatic heterocycles. The molecule has 0 aliphatic rings. The molecule has 0 aliphatic carbocycles. The third kappa shape index (κ3) is 6.00. The van der Waals surface area contributed by atoms with Crippen molar-refractivity contribution in [3.63, 3.8) is 0 Å². The number of ether oxygens (including phenoxy) is 2. The Balaban J connectivity index is 2.11. The average Bonchev–Trinajstić information content (AvgIpc) is 2.61. The molecule has 0 saturated heterocycles. The summed E-state index contributed by atoms with van der Waals surface area (Å²) in [6.45, 7) is 1.66. The van der Waals surface area contributed by atoms with E-state index < -0.39 is 16.8 Å². The molecule has 2 aromatic rings. The highest BCUT2D eigenvalue weighted by atomic mass is 35.5. The van der Waals surface area contributed by atoms with Gasteiger partial charge in [0.15, 0.2) is 5.16 Å². The number of methoxy groups -OCH3 is 2. The molecule has 144 valence electrons. The van der Waals surface area contributed by atoms with E-state index in [1.54, 1.807) is 25.1 Å². The van der Waals surface area contributed by atoms with Crippen LogP contribution in [0.3, 0.4) is 0 Å². The van der Waals surface area contributed by atoms with Crippen molar-refractivity contribution >= 4 is 40.9 Å². The molecule has 1 atom stereocenters. The number of aromatic amines is 1. The van der Waals surface area contributed by atoms with Crippen molar-refractivity contribution in [1.82, 2.24) is 9.97 Å². The van der Waals surface area contributed by atoms with E-state index >= 15 is 0 Å². The number of benzene rings is 1. The van der Waals surface area contributed by atoms with Gasteiger partial charge >= 0.3 is 5.97 Å². The van der Waals surface area contributed by atoms with E-state index in [2.05, 4.69) is 20.0 Å². The zero-order valence-corrected chi connectivity index (χ0v) is 16.4. The number of aromatic nitrogens is 2. The van der Waals surface area contributed by atoms with Gasteiger partial charge in [0.2, 0.25) is 5.91 Å². The van der Waals surface area contributed by atoms with Gasteiger partial charge < -0.3 is 19.8 Å². The second-order valence-electron chi connectivity index (χ2n) is 5.39. The zero-order chi connectivity index (χ0) is 20.0. The first-order valence-corrected chi connectivity index (χ1v) is 9.06. The van der Waals surface area contributed by atoms with E-state index in [9.17, 15) is 14.4 Å². The van der Waals surface area contributed by atoms with Crippen LogP contribution in [0.4, 0.5) is 5.69 Å². The fraction of sp³-hybridized carbons (Fsp3) is 0.294. The Labute approximate surface area is 164 Å². The Kier molecular flexibility index (Phi) is 7.26. The van der Waals surface area contributed by atoms with Crippen molar-refractivity contribution in [3.8, 4) is 5.75 Å². The fourth-order valence-electron chi connectivity index (χ4n) is 2.08. The number of carbonyl (C=O) groups excluding carboxylic acids is 2. The lowest BCUT2D eigenvalue weighted by Crippen LogP contribution is -2.24. The second-order valence-corrected chi connectivity index (χ2v) is 7.15. The van der Waals surface area contributed by atoms with E-state index in [0.29, 0.717) is 16.5 Å². The molecule has 0 unspecified atom stereocenters. The summed E-state index contributed by atoms with van der Waals surface area (Å²) in [4.78, 5) is 42.3. The topological polar surface area (TPSA) is 110 Å². The van der Waals surface area contributed by atoms with Crippen LogP contribution in [0.25, 0.3) is 0 Å². The van der Waals surface area contributed by atoms with Crippen LogP contribution in [0.2, 0.25) is 5.02 Å². The minimum absolute atomic E-state index is 0.131. The average molecular weight is 412 g/mol. The number of esters is 1. The van der Waals surface area contributed by atoms with E-state index in [0.717, 1.165) is 11.8 Å². The van der Waals surface area contributed by atoms with Crippen LogP contribution in [-0.4, -0.2) is 41.3 Å². The first-order chi connectivity index (χ1) is 12.8. The number of nitrogens with one attached hydrogen (secondary N) is 2.